The summed E-state index contributed by atoms with van der Waals surface area (Å²) in [5.41, 5.74) is 0.0314. The molecule has 8 nitrogen and oxygen atoms in total. The Kier molecular flexibility index (Phi) is 4.53. The molecule has 0 aliphatic carbocycles. The third kappa shape index (κ3) is 3.25. The molecule has 1 atom stereocenters. The van der Waals surface area contributed by atoms with Crippen LogP contribution in [-0.2, 0) is 18.9 Å². The number of nitrogens with zero attached hydrogens (tertiary/aromatic N) is 3. The number of nitrogens with one attached hydrogen (secondary N) is 1. The number of aryl methyl sites for hydroxylation is 2. The number of carbonyl (C=O) groups is 2. The van der Waals surface area contributed by atoms with E-state index in [-0.39, 0.29) is 17.9 Å². The summed E-state index contributed by atoms with van der Waals surface area (Å²) >= 11 is 0. The Balaban J connectivity index is 2.40. The van der Waals surface area contributed by atoms with Gasteiger partial charge in [-0.3, -0.25) is 14.3 Å². The molecular weight excluding hydrogens is 300 g/mol. The zero-order chi connectivity index (χ0) is 17.3. The van der Waals surface area contributed by atoms with Gasteiger partial charge >= 0.3 is 5.97 Å². The summed E-state index contributed by atoms with van der Waals surface area (Å²) in [4.78, 5) is 36.0. The third-order valence-electron chi connectivity index (χ3n) is 3.61. The average Bonchev–Trinajstić information content (AvgIpc) is 2.84. The summed E-state index contributed by atoms with van der Waals surface area (Å²) < 4.78 is 3.16. The monoisotopic (exact) mass is 320 g/mol. The number of hydrogen-bond donors (Lipinski definition) is 2. The molecule has 0 spiro atoms. The normalized spacial score (nSPS) is 12.6. The van der Waals surface area contributed by atoms with Crippen molar-refractivity contribution in [2.75, 3.05) is 0 Å². The van der Waals surface area contributed by atoms with Crippen LogP contribution in [0.3, 0.4) is 0 Å². The molecular formula is C15H20N4O4. The molecule has 2 heterocycles. The molecule has 2 N–H and O–H groups in total. The highest BCUT2D eigenvalue weighted by atomic mass is 16.4. The van der Waals surface area contributed by atoms with Crippen molar-refractivity contribution in [1.29, 1.82) is 0 Å². The van der Waals surface area contributed by atoms with Crippen molar-refractivity contribution in [2.45, 2.75) is 26.3 Å². The Bertz CT molecular complexity index is 819. The predicted octanol–water partition coefficient (Wildman–Crippen LogP) is 0.501. The molecule has 8 heteroatoms. The van der Waals surface area contributed by atoms with Crippen LogP contribution in [0.15, 0.2) is 17.2 Å². The summed E-state index contributed by atoms with van der Waals surface area (Å²) in [6.07, 6.45) is 3.09. The van der Waals surface area contributed by atoms with Crippen molar-refractivity contribution in [2.24, 2.45) is 20.0 Å². The standard InChI is InChI=1S/C15H20N4O4/c1-8(2)5-11(15(22)23)17-13(21)10-7-18(3)14-9(12(10)20)6-16-19(14)4/h6-8,11H,5H2,1-4H3,(H,17,21)(H,22,23)/t11-/m0/s1. The summed E-state index contributed by atoms with van der Waals surface area (Å²) in [6, 6.07) is -1.03. The number of aromatic nitrogens is 3. The lowest BCUT2D eigenvalue weighted by molar-refractivity contribution is -0.139. The fourth-order valence-corrected chi connectivity index (χ4v) is 2.56. The van der Waals surface area contributed by atoms with E-state index in [9.17, 15) is 19.5 Å². The first-order valence-corrected chi connectivity index (χ1v) is 7.27. The minimum Gasteiger partial charge on any atom is -0.480 e. The Labute approximate surface area is 132 Å². The molecule has 124 valence electrons. The number of pyridine rings is 1. The smallest absolute Gasteiger partial charge is 0.326 e. The molecule has 0 fully saturated rings. The van der Waals surface area contributed by atoms with Gasteiger partial charge in [0, 0.05) is 20.3 Å². The Morgan fingerprint density at radius 1 is 1.35 bits per heavy atom. The lowest BCUT2D eigenvalue weighted by atomic mass is 10.0. The lowest BCUT2D eigenvalue weighted by Crippen LogP contribution is -2.43. The first-order chi connectivity index (χ1) is 10.7. The number of aliphatic carboxylic acids is 1. The molecule has 0 aliphatic heterocycles. The van der Waals surface area contributed by atoms with Gasteiger partial charge in [0.2, 0.25) is 5.43 Å². The second kappa shape index (κ2) is 6.23. The highest BCUT2D eigenvalue weighted by molar-refractivity contribution is 5.98. The molecule has 2 aromatic heterocycles. The molecule has 0 unspecified atom stereocenters. The number of carboxylic acids is 1. The van der Waals surface area contributed by atoms with E-state index in [4.69, 9.17) is 0 Å². The maximum Gasteiger partial charge on any atom is 0.326 e. The topological polar surface area (TPSA) is 106 Å². The zero-order valence-electron chi connectivity index (χ0n) is 13.5. The van der Waals surface area contributed by atoms with Gasteiger partial charge in [-0.25, -0.2) is 4.79 Å². The molecule has 1 amide bonds. The molecule has 0 saturated carbocycles. The largest absolute Gasteiger partial charge is 0.480 e. The molecule has 0 aromatic carbocycles. The van der Waals surface area contributed by atoms with Gasteiger partial charge in [-0.15, -0.1) is 0 Å². The van der Waals surface area contributed by atoms with E-state index >= 15 is 0 Å². The van der Waals surface area contributed by atoms with Crippen LogP contribution in [0.5, 0.6) is 0 Å². The molecule has 0 radical (unpaired) electrons. The average molecular weight is 320 g/mol. The van der Waals surface area contributed by atoms with E-state index in [0.29, 0.717) is 11.0 Å². The Hall–Kier alpha value is -2.64. The Morgan fingerprint density at radius 2 is 2.00 bits per heavy atom. The summed E-state index contributed by atoms with van der Waals surface area (Å²) in [5.74, 6) is -1.71. The second-order valence-corrected chi connectivity index (χ2v) is 5.98. The van der Waals surface area contributed by atoms with Gasteiger partial charge in [-0.1, -0.05) is 13.8 Å². The molecule has 2 aromatic rings. The molecule has 0 aliphatic rings. The van der Waals surface area contributed by atoms with Gasteiger partial charge in [0.25, 0.3) is 5.91 Å². The highest BCUT2D eigenvalue weighted by Gasteiger charge is 2.24. The maximum atomic E-state index is 12.4. The summed E-state index contributed by atoms with van der Waals surface area (Å²) in [7, 11) is 3.40. The quantitative estimate of drug-likeness (QED) is 0.834. The van der Waals surface area contributed by atoms with Crippen molar-refractivity contribution >= 4 is 22.9 Å². The third-order valence-corrected chi connectivity index (χ3v) is 3.61. The summed E-state index contributed by atoms with van der Waals surface area (Å²) in [5, 5.41) is 16.0. The Morgan fingerprint density at radius 3 is 2.57 bits per heavy atom. The maximum absolute atomic E-state index is 12.4. The number of fused-ring (bicyclic) bond motifs is 1. The van der Waals surface area contributed by atoms with Crippen LogP contribution in [0.25, 0.3) is 11.0 Å². The number of hydrogen-bond acceptors (Lipinski definition) is 4. The van der Waals surface area contributed by atoms with Gasteiger partial charge < -0.3 is 15.0 Å². The van der Waals surface area contributed by atoms with Gasteiger partial charge in [-0.2, -0.15) is 5.10 Å². The predicted molar refractivity (Wildman–Crippen MR) is 84.3 cm³/mol. The first-order valence-electron chi connectivity index (χ1n) is 7.27. The van der Waals surface area contributed by atoms with E-state index in [1.807, 2.05) is 13.8 Å². The number of rotatable bonds is 5. The van der Waals surface area contributed by atoms with Gasteiger partial charge in [0.15, 0.2) is 0 Å². The van der Waals surface area contributed by atoms with Crippen molar-refractivity contribution in [3.05, 3.63) is 28.2 Å². The first kappa shape index (κ1) is 16.7. The van der Waals surface area contributed by atoms with Gasteiger partial charge in [0.1, 0.15) is 17.3 Å². The second-order valence-electron chi connectivity index (χ2n) is 5.98. The van der Waals surface area contributed by atoms with Crippen molar-refractivity contribution in [3.63, 3.8) is 0 Å². The van der Waals surface area contributed by atoms with E-state index < -0.39 is 23.3 Å². The van der Waals surface area contributed by atoms with Gasteiger partial charge in [0.05, 0.1) is 11.6 Å². The highest BCUT2D eigenvalue weighted by Crippen LogP contribution is 2.10. The SMILES string of the molecule is CC(C)C[C@H](NC(=O)c1cn(C)c2c(cnn2C)c1=O)C(=O)O. The number of carbonyl (C=O) groups excluding carboxylic acids is 1. The van der Waals surface area contributed by atoms with Crippen LogP contribution >= 0.6 is 0 Å². The van der Waals surface area contributed by atoms with Crippen LogP contribution in [0.1, 0.15) is 30.6 Å². The van der Waals surface area contributed by atoms with Crippen molar-refractivity contribution < 1.29 is 14.7 Å². The lowest BCUT2D eigenvalue weighted by Gasteiger charge is -2.16. The number of amides is 1. The molecule has 2 rings (SSSR count). The van der Waals surface area contributed by atoms with E-state index in [1.165, 1.54) is 17.1 Å². The number of carboxylic acid groups (broad SMARTS) is 1. The van der Waals surface area contributed by atoms with Crippen LogP contribution in [0.4, 0.5) is 0 Å². The minimum absolute atomic E-state index is 0.0944. The van der Waals surface area contributed by atoms with Crippen LogP contribution < -0.4 is 10.7 Å². The molecule has 23 heavy (non-hydrogen) atoms. The minimum atomic E-state index is -1.12. The van der Waals surface area contributed by atoms with Crippen LogP contribution in [0, 0.1) is 5.92 Å². The molecule has 0 bridgehead atoms. The van der Waals surface area contributed by atoms with Crippen molar-refractivity contribution in [3.8, 4) is 0 Å². The fraction of sp³-hybridized carbons (Fsp3) is 0.467. The van der Waals surface area contributed by atoms with E-state index in [1.54, 1.807) is 18.7 Å². The summed E-state index contributed by atoms with van der Waals surface area (Å²) in [6.45, 7) is 3.73. The van der Waals surface area contributed by atoms with Gasteiger partial charge in [-0.05, 0) is 12.3 Å². The van der Waals surface area contributed by atoms with Crippen LogP contribution in [-0.4, -0.2) is 37.4 Å². The molecule has 0 saturated heterocycles. The van der Waals surface area contributed by atoms with Crippen molar-refractivity contribution in [1.82, 2.24) is 19.7 Å². The van der Waals surface area contributed by atoms with E-state index in [0.717, 1.165) is 0 Å². The fourth-order valence-electron chi connectivity index (χ4n) is 2.56. The van der Waals surface area contributed by atoms with Crippen LogP contribution in [0.2, 0.25) is 0 Å². The zero-order valence-corrected chi connectivity index (χ0v) is 13.5. The van der Waals surface area contributed by atoms with E-state index in [2.05, 4.69) is 10.4 Å².